The van der Waals surface area contributed by atoms with Crippen molar-refractivity contribution >= 4 is 22.5 Å². The zero-order valence-corrected chi connectivity index (χ0v) is 19.8. The number of halogens is 4. The Labute approximate surface area is 204 Å². The minimum Gasteiger partial charge on any atom is -0.370 e. The third-order valence-corrected chi connectivity index (χ3v) is 6.69. The van der Waals surface area contributed by atoms with Crippen molar-refractivity contribution in [3.05, 3.63) is 71.2 Å². The van der Waals surface area contributed by atoms with Crippen molar-refractivity contribution in [1.82, 2.24) is 19.9 Å². The summed E-state index contributed by atoms with van der Waals surface area (Å²) in [5.41, 5.74) is 0.389. The Morgan fingerprint density at radius 1 is 1.17 bits per heavy atom. The van der Waals surface area contributed by atoms with Gasteiger partial charge in [0, 0.05) is 42.1 Å². The van der Waals surface area contributed by atoms with Crippen LogP contribution >= 0.6 is 0 Å². The number of nitrogens with one attached hydrogen (secondary N) is 2. The molecule has 10 heteroatoms. The fraction of sp³-hybridized carbons (Fsp3) is 0.308. The van der Waals surface area contributed by atoms with Gasteiger partial charge in [-0.15, -0.1) is 0 Å². The number of aromatic nitrogens is 3. The van der Waals surface area contributed by atoms with Crippen molar-refractivity contribution in [3.8, 4) is 11.5 Å². The van der Waals surface area contributed by atoms with Gasteiger partial charge in [0.2, 0.25) is 0 Å². The zero-order valence-electron chi connectivity index (χ0n) is 19.8. The van der Waals surface area contributed by atoms with Crippen LogP contribution in [0.3, 0.4) is 0 Å². The number of anilines is 1. The molecule has 6 nitrogen and oxygen atoms in total. The lowest BCUT2D eigenvalue weighted by Gasteiger charge is -2.37. The Morgan fingerprint density at radius 2 is 1.94 bits per heavy atom. The highest BCUT2D eigenvalue weighted by molar-refractivity contribution is 6.10. The largest absolute Gasteiger partial charge is 0.417 e. The number of alkyl halides is 3. The number of ketones is 1. The Morgan fingerprint density at radius 3 is 2.69 bits per heavy atom. The summed E-state index contributed by atoms with van der Waals surface area (Å²) in [6.07, 6.45) is -1.23. The second-order valence-electron chi connectivity index (χ2n) is 9.29. The first kappa shape index (κ1) is 24.1. The Balaban J connectivity index is 1.44. The number of likely N-dealkylation sites (N-methyl/N-ethyl adjacent to an activating group) is 1. The number of imidazole rings is 1. The molecule has 0 spiro atoms. The van der Waals surface area contributed by atoms with E-state index in [-0.39, 0.29) is 16.9 Å². The number of carbonyl (C=O) groups is 1. The highest BCUT2D eigenvalue weighted by Gasteiger charge is 2.35. The molecular formula is C26H25F4N5O. The normalized spacial score (nSPS) is 16.8. The quantitative estimate of drug-likeness (QED) is 0.282. The maximum Gasteiger partial charge on any atom is 0.417 e. The number of piperidine rings is 1. The Hall–Kier alpha value is -3.66. The monoisotopic (exact) mass is 499 g/mol. The van der Waals surface area contributed by atoms with Crippen LogP contribution in [0.5, 0.6) is 0 Å². The zero-order chi connectivity index (χ0) is 25.6. The number of hydrogen-bond acceptors (Lipinski definition) is 4. The van der Waals surface area contributed by atoms with E-state index in [4.69, 9.17) is 0 Å². The predicted octanol–water partition coefficient (Wildman–Crippen LogP) is 5.48. The van der Waals surface area contributed by atoms with Gasteiger partial charge in [0.25, 0.3) is 0 Å². The van der Waals surface area contributed by atoms with E-state index in [2.05, 4.69) is 24.8 Å². The molecule has 2 N–H and O–H groups in total. The summed E-state index contributed by atoms with van der Waals surface area (Å²) in [5.74, 6) is -0.955. The standard InChI is InChI=1S/C26H25F4N5O/c1-34(2)16-6-5-9-35(14-16)17-11-20(27)23-21(12-17)32-25(33-23)22-10-15(13-31-22)24(36)18-7-3-4-8-19(18)26(28,29)30/h3-4,7-8,10-13,16,31H,5-6,9,14H2,1-2H3,(H,32,33)/t16-/m0/s1. The molecule has 0 amide bonds. The molecule has 2 aromatic heterocycles. The van der Waals surface area contributed by atoms with E-state index in [1.165, 1.54) is 30.5 Å². The van der Waals surface area contributed by atoms with Gasteiger partial charge in [0.05, 0.1) is 16.8 Å². The number of fused-ring (bicyclic) bond motifs is 1. The van der Waals surface area contributed by atoms with Gasteiger partial charge in [-0.05, 0) is 51.2 Å². The average molecular weight is 500 g/mol. The van der Waals surface area contributed by atoms with Gasteiger partial charge in [-0.1, -0.05) is 18.2 Å². The molecular weight excluding hydrogens is 474 g/mol. The van der Waals surface area contributed by atoms with Gasteiger partial charge in [-0.3, -0.25) is 4.79 Å². The van der Waals surface area contributed by atoms with Crippen LogP contribution in [0.2, 0.25) is 0 Å². The van der Waals surface area contributed by atoms with E-state index in [1.807, 2.05) is 20.2 Å². The van der Waals surface area contributed by atoms with E-state index in [1.54, 1.807) is 0 Å². The van der Waals surface area contributed by atoms with Crippen LogP contribution in [0.4, 0.5) is 23.2 Å². The molecule has 188 valence electrons. The third-order valence-electron chi connectivity index (χ3n) is 6.69. The van der Waals surface area contributed by atoms with Gasteiger partial charge in [0.15, 0.2) is 17.4 Å². The van der Waals surface area contributed by atoms with E-state index in [9.17, 15) is 18.0 Å². The first-order valence-electron chi connectivity index (χ1n) is 11.6. The van der Waals surface area contributed by atoms with Gasteiger partial charge in [-0.2, -0.15) is 13.2 Å². The van der Waals surface area contributed by atoms with Crippen molar-refractivity contribution in [1.29, 1.82) is 0 Å². The summed E-state index contributed by atoms with van der Waals surface area (Å²) in [5, 5.41) is 0. The summed E-state index contributed by atoms with van der Waals surface area (Å²) in [6.45, 7) is 1.62. The Kier molecular flexibility index (Phi) is 6.07. The molecule has 0 aliphatic carbocycles. The van der Waals surface area contributed by atoms with E-state index < -0.39 is 28.9 Å². The SMILES string of the molecule is CN(C)[C@H]1CCCN(c2cc(F)c3nc(-c4cc(C(=O)c5ccccc5C(F)(F)F)c[nH]4)[nH]c3c2)C1. The smallest absolute Gasteiger partial charge is 0.370 e. The summed E-state index contributed by atoms with van der Waals surface area (Å²) in [6, 6.07) is 9.78. The van der Waals surface area contributed by atoms with Crippen LogP contribution in [0.25, 0.3) is 22.6 Å². The summed E-state index contributed by atoms with van der Waals surface area (Å²) in [7, 11) is 4.08. The number of nitrogens with zero attached hydrogens (tertiary/aromatic N) is 3. The molecule has 1 aliphatic heterocycles. The van der Waals surface area contributed by atoms with Crippen LogP contribution < -0.4 is 4.90 Å². The summed E-state index contributed by atoms with van der Waals surface area (Å²) < 4.78 is 55.1. The summed E-state index contributed by atoms with van der Waals surface area (Å²) in [4.78, 5) is 27.5. The van der Waals surface area contributed by atoms with Crippen LogP contribution in [0.15, 0.2) is 48.7 Å². The minimum absolute atomic E-state index is 0.0476. The van der Waals surface area contributed by atoms with E-state index in [0.717, 1.165) is 43.8 Å². The van der Waals surface area contributed by atoms with Gasteiger partial charge in [-0.25, -0.2) is 9.37 Å². The second kappa shape index (κ2) is 9.09. The molecule has 1 fully saturated rings. The molecule has 0 unspecified atom stereocenters. The lowest BCUT2D eigenvalue weighted by Crippen LogP contribution is -2.45. The number of rotatable bonds is 5. The molecule has 2 aromatic carbocycles. The van der Waals surface area contributed by atoms with E-state index in [0.29, 0.717) is 17.3 Å². The van der Waals surface area contributed by atoms with E-state index >= 15 is 4.39 Å². The van der Waals surface area contributed by atoms with Crippen LogP contribution in [-0.2, 0) is 6.18 Å². The predicted molar refractivity (Wildman–Crippen MR) is 130 cm³/mol. The second-order valence-corrected chi connectivity index (χ2v) is 9.29. The fourth-order valence-electron chi connectivity index (χ4n) is 4.73. The van der Waals surface area contributed by atoms with Crippen molar-refractivity contribution in [2.75, 3.05) is 32.1 Å². The van der Waals surface area contributed by atoms with Crippen molar-refractivity contribution in [3.63, 3.8) is 0 Å². The molecule has 1 aliphatic rings. The molecule has 4 aromatic rings. The number of H-pyrrole nitrogens is 2. The maximum absolute atomic E-state index is 15.0. The topological polar surface area (TPSA) is 68.0 Å². The minimum atomic E-state index is -4.65. The molecule has 1 atom stereocenters. The molecule has 0 bridgehead atoms. The van der Waals surface area contributed by atoms with Crippen LogP contribution in [0.1, 0.15) is 34.3 Å². The van der Waals surface area contributed by atoms with Crippen molar-refractivity contribution in [2.24, 2.45) is 0 Å². The first-order chi connectivity index (χ1) is 17.1. The molecule has 3 heterocycles. The molecule has 36 heavy (non-hydrogen) atoms. The Bertz CT molecular complexity index is 1420. The van der Waals surface area contributed by atoms with Crippen LogP contribution in [-0.4, -0.2) is 58.9 Å². The molecule has 0 radical (unpaired) electrons. The maximum atomic E-state index is 15.0. The summed E-state index contributed by atoms with van der Waals surface area (Å²) >= 11 is 0. The highest BCUT2D eigenvalue weighted by atomic mass is 19.4. The van der Waals surface area contributed by atoms with Crippen LogP contribution in [0, 0.1) is 5.82 Å². The lowest BCUT2D eigenvalue weighted by atomic mass is 9.99. The number of benzene rings is 2. The third kappa shape index (κ3) is 4.48. The highest BCUT2D eigenvalue weighted by Crippen LogP contribution is 2.34. The first-order valence-corrected chi connectivity index (χ1v) is 11.6. The van der Waals surface area contributed by atoms with Gasteiger partial charge in [0.1, 0.15) is 5.52 Å². The van der Waals surface area contributed by atoms with Gasteiger partial charge >= 0.3 is 6.18 Å². The van der Waals surface area contributed by atoms with Gasteiger partial charge < -0.3 is 19.8 Å². The average Bonchev–Trinajstić information content (AvgIpc) is 3.51. The number of aromatic amines is 2. The molecule has 5 rings (SSSR count). The lowest BCUT2D eigenvalue weighted by molar-refractivity contribution is -0.137. The van der Waals surface area contributed by atoms with Crippen molar-refractivity contribution in [2.45, 2.75) is 25.1 Å². The molecule has 0 saturated carbocycles. The fourth-order valence-corrected chi connectivity index (χ4v) is 4.73. The van der Waals surface area contributed by atoms with Crippen molar-refractivity contribution < 1.29 is 22.4 Å². The number of hydrogen-bond donors (Lipinski definition) is 2. The molecule has 1 saturated heterocycles. The number of carbonyl (C=O) groups excluding carboxylic acids is 1.